The number of hydrogen-bond acceptors (Lipinski definition) is 7. The minimum Gasteiger partial charge on any atom is -0.452 e. The Bertz CT molecular complexity index is 1400. The number of amides is 2. The maximum absolute atomic E-state index is 12.8. The Morgan fingerprint density at radius 1 is 0.912 bits per heavy atom. The van der Waals surface area contributed by atoms with E-state index in [2.05, 4.69) is 10.2 Å². The van der Waals surface area contributed by atoms with E-state index in [9.17, 15) is 14.4 Å². The fourth-order valence-corrected chi connectivity index (χ4v) is 3.68. The lowest BCUT2D eigenvalue weighted by atomic mass is 10.1. The number of fused-ring (bicyclic) bond motifs is 1. The van der Waals surface area contributed by atoms with Crippen LogP contribution in [-0.2, 0) is 17.9 Å². The van der Waals surface area contributed by atoms with E-state index in [0.717, 1.165) is 10.5 Å². The molecule has 9 heteroatoms. The van der Waals surface area contributed by atoms with Crippen LogP contribution in [0.3, 0.4) is 0 Å². The minimum atomic E-state index is -0.684. The Morgan fingerprint density at radius 3 is 2.41 bits per heavy atom. The van der Waals surface area contributed by atoms with Crippen LogP contribution in [0.1, 0.15) is 42.5 Å². The molecule has 0 N–H and O–H groups in total. The van der Waals surface area contributed by atoms with Crippen LogP contribution in [0.5, 0.6) is 0 Å². The fourth-order valence-electron chi connectivity index (χ4n) is 3.56. The highest BCUT2D eigenvalue weighted by molar-refractivity contribution is 6.30. The van der Waals surface area contributed by atoms with Crippen molar-refractivity contribution >= 4 is 29.4 Å². The molecule has 8 nitrogen and oxygen atoms in total. The highest BCUT2D eigenvalue weighted by atomic mass is 35.5. The Hall–Kier alpha value is -4.30. The van der Waals surface area contributed by atoms with Gasteiger partial charge >= 0.3 is 5.97 Å². The molecule has 1 aliphatic rings. The van der Waals surface area contributed by atoms with E-state index in [0.29, 0.717) is 10.6 Å². The number of carbonyl (C=O) groups is 3. The molecule has 2 amide bonds. The van der Waals surface area contributed by atoms with E-state index in [4.69, 9.17) is 20.8 Å². The number of ether oxygens (including phenoxy) is 1. The Balaban J connectivity index is 1.26. The average Bonchev–Trinajstić information content (AvgIpc) is 3.43. The number of aromatic nitrogens is 2. The van der Waals surface area contributed by atoms with Gasteiger partial charge in [0.2, 0.25) is 5.89 Å². The number of rotatable bonds is 6. The Labute approximate surface area is 198 Å². The van der Waals surface area contributed by atoms with E-state index < -0.39 is 17.8 Å². The SMILES string of the molecule is O=C(OCc1nnc(-c2ccc(Cl)cc2)o1)c1ccc2c(c1)C(=O)N(Cc1ccccc1)C2=O. The summed E-state index contributed by atoms with van der Waals surface area (Å²) in [7, 11) is 0. The first-order chi connectivity index (χ1) is 16.5. The molecule has 0 radical (unpaired) electrons. The van der Waals surface area contributed by atoms with Crippen LogP contribution >= 0.6 is 11.6 Å². The summed E-state index contributed by atoms with van der Waals surface area (Å²) in [4.78, 5) is 39.2. The topological polar surface area (TPSA) is 103 Å². The lowest BCUT2D eigenvalue weighted by Gasteiger charge is -2.13. The molecule has 0 saturated carbocycles. The largest absolute Gasteiger partial charge is 0.452 e. The first kappa shape index (κ1) is 21.5. The molecule has 168 valence electrons. The molecule has 2 heterocycles. The fraction of sp³-hybridized carbons (Fsp3) is 0.0800. The second-order valence-corrected chi connectivity index (χ2v) is 7.96. The number of imide groups is 1. The summed E-state index contributed by atoms with van der Waals surface area (Å²) in [5, 5.41) is 8.39. The van der Waals surface area contributed by atoms with Crippen LogP contribution in [0.15, 0.2) is 77.2 Å². The second kappa shape index (κ2) is 8.92. The smallest absolute Gasteiger partial charge is 0.338 e. The zero-order valence-electron chi connectivity index (χ0n) is 17.6. The monoisotopic (exact) mass is 473 g/mol. The first-order valence-electron chi connectivity index (χ1n) is 10.3. The summed E-state index contributed by atoms with van der Waals surface area (Å²) < 4.78 is 10.8. The lowest BCUT2D eigenvalue weighted by molar-refractivity contribution is 0.0438. The van der Waals surface area contributed by atoms with Crippen molar-refractivity contribution in [2.75, 3.05) is 0 Å². The quantitative estimate of drug-likeness (QED) is 0.299. The van der Waals surface area contributed by atoms with E-state index in [1.54, 1.807) is 24.3 Å². The predicted octanol–water partition coefficient (Wildman–Crippen LogP) is 4.54. The first-order valence-corrected chi connectivity index (χ1v) is 10.7. The van der Waals surface area contributed by atoms with Gasteiger partial charge in [-0.15, -0.1) is 10.2 Å². The van der Waals surface area contributed by atoms with E-state index >= 15 is 0 Å². The molecule has 34 heavy (non-hydrogen) atoms. The zero-order chi connectivity index (χ0) is 23.7. The molecule has 3 aromatic carbocycles. The van der Waals surface area contributed by atoms with Crippen LogP contribution in [-0.4, -0.2) is 32.9 Å². The lowest BCUT2D eigenvalue weighted by Crippen LogP contribution is -2.29. The van der Waals surface area contributed by atoms with E-state index in [1.165, 1.54) is 18.2 Å². The van der Waals surface area contributed by atoms with Gasteiger partial charge in [0.1, 0.15) is 0 Å². The van der Waals surface area contributed by atoms with Gasteiger partial charge in [-0.1, -0.05) is 41.9 Å². The zero-order valence-corrected chi connectivity index (χ0v) is 18.4. The number of halogens is 1. The second-order valence-electron chi connectivity index (χ2n) is 7.53. The molecule has 0 bridgehead atoms. The van der Waals surface area contributed by atoms with Crippen molar-refractivity contribution in [2.45, 2.75) is 13.2 Å². The predicted molar refractivity (Wildman–Crippen MR) is 121 cm³/mol. The molecule has 0 spiro atoms. The van der Waals surface area contributed by atoms with Crippen molar-refractivity contribution in [3.63, 3.8) is 0 Å². The van der Waals surface area contributed by atoms with Crippen molar-refractivity contribution in [2.24, 2.45) is 0 Å². The normalized spacial score (nSPS) is 12.7. The van der Waals surface area contributed by atoms with Crippen molar-refractivity contribution in [1.82, 2.24) is 15.1 Å². The van der Waals surface area contributed by atoms with Gasteiger partial charge in [-0.2, -0.15) is 0 Å². The number of carbonyl (C=O) groups excluding carboxylic acids is 3. The van der Waals surface area contributed by atoms with Crippen LogP contribution in [0.4, 0.5) is 0 Å². The standard InChI is InChI=1S/C25H16ClN3O5/c26-18-9-6-16(7-10-18)22-28-27-21(34-22)14-33-25(32)17-8-11-19-20(12-17)24(31)29(23(19)30)13-15-4-2-1-3-5-15/h1-12H,13-14H2. The molecular formula is C25H16ClN3O5. The molecule has 0 saturated heterocycles. The third kappa shape index (κ3) is 4.18. The summed E-state index contributed by atoms with van der Waals surface area (Å²) in [6.07, 6.45) is 0. The van der Waals surface area contributed by atoms with E-state index in [1.807, 2.05) is 30.3 Å². The molecule has 0 unspecified atom stereocenters. The third-order valence-corrected chi connectivity index (χ3v) is 5.53. The average molecular weight is 474 g/mol. The van der Waals surface area contributed by atoms with E-state index in [-0.39, 0.29) is 41.6 Å². The molecule has 0 fully saturated rings. The molecule has 0 atom stereocenters. The van der Waals surface area contributed by atoms with Gasteiger partial charge in [0.15, 0.2) is 6.61 Å². The van der Waals surface area contributed by atoms with Gasteiger partial charge in [0.25, 0.3) is 17.7 Å². The van der Waals surface area contributed by atoms with Gasteiger partial charge < -0.3 is 9.15 Å². The van der Waals surface area contributed by atoms with Crippen molar-refractivity contribution in [3.05, 3.63) is 106 Å². The summed E-state index contributed by atoms with van der Waals surface area (Å²) in [6, 6.07) is 20.3. The van der Waals surface area contributed by atoms with Crippen LogP contribution in [0.2, 0.25) is 5.02 Å². The highest BCUT2D eigenvalue weighted by Crippen LogP contribution is 2.26. The number of benzene rings is 3. The van der Waals surface area contributed by atoms with Crippen molar-refractivity contribution < 1.29 is 23.5 Å². The summed E-state index contributed by atoms with van der Waals surface area (Å²) >= 11 is 5.88. The maximum atomic E-state index is 12.8. The number of nitrogens with zero attached hydrogens (tertiary/aromatic N) is 3. The molecular weight excluding hydrogens is 458 g/mol. The van der Waals surface area contributed by atoms with Crippen LogP contribution < -0.4 is 0 Å². The van der Waals surface area contributed by atoms with Gasteiger partial charge in [0.05, 0.1) is 23.2 Å². The molecule has 1 aromatic heterocycles. The van der Waals surface area contributed by atoms with Crippen LogP contribution in [0, 0.1) is 0 Å². The summed E-state index contributed by atoms with van der Waals surface area (Å²) in [6.45, 7) is -0.0937. The number of hydrogen-bond donors (Lipinski definition) is 0. The molecule has 4 aromatic rings. The minimum absolute atomic E-state index is 0.111. The number of esters is 1. The third-order valence-electron chi connectivity index (χ3n) is 5.27. The van der Waals surface area contributed by atoms with Crippen LogP contribution in [0.25, 0.3) is 11.5 Å². The van der Waals surface area contributed by atoms with Gasteiger partial charge in [-0.3, -0.25) is 14.5 Å². The Kier molecular flexibility index (Phi) is 5.65. The van der Waals surface area contributed by atoms with Crippen molar-refractivity contribution in [3.8, 4) is 11.5 Å². The molecule has 5 rings (SSSR count). The maximum Gasteiger partial charge on any atom is 0.338 e. The van der Waals surface area contributed by atoms with Crippen molar-refractivity contribution in [1.29, 1.82) is 0 Å². The van der Waals surface area contributed by atoms with Gasteiger partial charge in [-0.25, -0.2) is 4.79 Å². The molecule has 1 aliphatic heterocycles. The molecule has 0 aliphatic carbocycles. The summed E-state index contributed by atoms with van der Waals surface area (Å²) in [5.41, 5.74) is 2.06. The van der Waals surface area contributed by atoms with Gasteiger partial charge in [-0.05, 0) is 48.0 Å². The summed E-state index contributed by atoms with van der Waals surface area (Å²) in [5.74, 6) is -1.16. The Morgan fingerprint density at radius 2 is 1.65 bits per heavy atom. The van der Waals surface area contributed by atoms with Gasteiger partial charge in [0, 0.05) is 10.6 Å². The highest BCUT2D eigenvalue weighted by Gasteiger charge is 2.36.